The predicted octanol–water partition coefficient (Wildman–Crippen LogP) is 1.98. The number of anilines is 1. The fourth-order valence-corrected chi connectivity index (χ4v) is 1.44. The van der Waals surface area contributed by atoms with Gasteiger partial charge in [0, 0.05) is 24.4 Å². The lowest BCUT2D eigenvalue weighted by Crippen LogP contribution is -2.00. The van der Waals surface area contributed by atoms with Crippen LogP contribution in [-0.2, 0) is 0 Å². The van der Waals surface area contributed by atoms with Crippen LogP contribution in [0, 0.1) is 0 Å². The smallest absolute Gasteiger partial charge is 0.213 e. The number of nitrogens with one attached hydrogen (secondary N) is 1. The van der Waals surface area contributed by atoms with Crippen molar-refractivity contribution in [2.24, 2.45) is 0 Å². The molecule has 2 heterocycles. The summed E-state index contributed by atoms with van der Waals surface area (Å²) >= 11 is 0. The highest BCUT2D eigenvalue weighted by atomic mass is 16.5. The molecule has 0 aliphatic rings. The molecule has 0 unspecified atom stereocenters. The molecule has 1 N–H and O–H groups in total. The molecule has 0 aromatic carbocycles. The molecule has 0 spiro atoms. The molecule has 0 radical (unpaired) electrons. The predicted molar refractivity (Wildman–Crippen MR) is 66.0 cm³/mol. The summed E-state index contributed by atoms with van der Waals surface area (Å²) < 4.78 is 5.07. The van der Waals surface area contributed by atoms with Gasteiger partial charge in [-0.1, -0.05) is 0 Å². The number of methoxy groups -OCH3 is 1. The molecular formula is C12H14N4O. The molecule has 5 nitrogen and oxygen atoms in total. The number of pyridine rings is 1. The van der Waals surface area contributed by atoms with E-state index in [9.17, 15) is 0 Å². The molecule has 0 saturated heterocycles. The van der Waals surface area contributed by atoms with Crippen molar-refractivity contribution in [3.63, 3.8) is 0 Å². The summed E-state index contributed by atoms with van der Waals surface area (Å²) in [5.41, 5.74) is 1.74. The Morgan fingerprint density at radius 2 is 2.12 bits per heavy atom. The molecule has 17 heavy (non-hydrogen) atoms. The van der Waals surface area contributed by atoms with Gasteiger partial charge in [-0.2, -0.15) is 0 Å². The fraction of sp³-hybridized carbons (Fsp3) is 0.250. The standard InChI is InChI=1S/C12H14N4O/c1-3-13-11-5-4-10(15-16-11)9-6-7-14-12(8-9)17-2/h4-8H,3H2,1-2H3,(H,13,16). The monoisotopic (exact) mass is 230 g/mol. The van der Waals surface area contributed by atoms with E-state index in [2.05, 4.69) is 20.5 Å². The van der Waals surface area contributed by atoms with Gasteiger partial charge in [0.15, 0.2) is 0 Å². The van der Waals surface area contributed by atoms with Crippen LogP contribution in [-0.4, -0.2) is 28.8 Å². The number of ether oxygens (including phenoxy) is 1. The second-order valence-electron chi connectivity index (χ2n) is 3.42. The van der Waals surface area contributed by atoms with Crippen LogP contribution in [0.2, 0.25) is 0 Å². The Bertz CT molecular complexity index is 484. The molecular weight excluding hydrogens is 216 g/mol. The Kier molecular flexibility index (Phi) is 3.49. The number of hydrogen-bond acceptors (Lipinski definition) is 5. The zero-order valence-electron chi connectivity index (χ0n) is 9.84. The summed E-state index contributed by atoms with van der Waals surface area (Å²) in [5.74, 6) is 1.34. The van der Waals surface area contributed by atoms with Crippen molar-refractivity contribution in [3.05, 3.63) is 30.5 Å². The third-order valence-corrected chi connectivity index (χ3v) is 2.26. The van der Waals surface area contributed by atoms with Gasteiger partial charge in [-0.05, 0) is 25.1 Å². The highest BCUT2D eigenvalue weighted by molar-refractivity contribution is 5.60. The van der Waals surface area contributed by atoms with Crippen molar-refractivity contribution in [1.82, 2.24) is 15.2 Å². The molecule has 0 saturated carbocycles. The quantitative estimate of drug-likeness (QED) is 0.870. The van der Waals surface area contributed by atoms with Crippen LogP contribution < -0.4 is 10.1 Å². The van der Waals surface area contributed by atoms with Gasteiger partial charge in [-0.15, -0.1) is 10.2 Å². The minimum atomic E-state index is 0.569. The van der Waals surface area contributed by atoms with Gasteiger partial charge in [0.1, 0.15) is 5.82 Å². The van der Waals surface area contributed by atoms with Gasteiger partial charge in [0.2, 0.25) is 5.88 Å². The number of nitrogens with zero attached hydrogens (tertiary/aromatic N) is 3. The van der Waals surface area contributed by atoms with Crippen LogP contribution in [0.3, 0.4) is 0 Å². The Balaban J connectivity index is 2.26. The number of aromatic nitrogens is 3. The molecule has 88 valence electrons. The van der Waals surface area contributed by atoms with Crippen LogP contribution in [0.15, 0.2) is 30.5 Å². The molecule has 0 aliphatic carbocycles. The van der Waals surface area contributed by atoms with Crippen molar-refractivity contribution in [1.29, 1.82) is 0 Å². The van der Waals surface area contributed by atoms with E-state index in [1.165, 1.54) is 0 Å². The molecule has 0 atom stereocenters. The lowest BCUT2D eigenvalue weighted by atomic mass is 10.2. The molecule has 5 heteroatoms. The first-order valence-electron chi connectivity index (χ1n) is 5.41. The zero-order chi connectivity index (χ0) is 12.1. The Morgan fingerprint density at radius 3 is 2.76 bits per heavy atom. The maximum atomic E-state index is 5.07. The average molecular weight is 230 g/mol. The second-order valence-corrected chi connectivity index (χ2v) is 3.42. The second kappa shape index (κ2) is 5.25. The van der Waals surface area contributed by atoms with Crippen molar-refractivity contribution in [3.8, 4) is 17.1 Å². The summed E-state index contributed by atoms with van der Waals surface area (Å²) in [4.78, 5) is 4.05. The zero-order valence-corrected chi connectivity index (χ0v) is 9.84. The summed E-state index contributed by atoms with van der Waals surface area (Å²) in [7, 11) is 1.59. The van der Waals surface area contributed by atoms with E-state index in [0.717, 1.165) is 23.6 Å². The summed E-state index contributed by atoms with van der Waals surface area (Å²) in [5, 5.41) is 11.3. The van der Waals surface area contributed by atoms with E-state index < -0.39 is 0 Å². The van der Waals surface area contributed by atoms with E-state index in [1.807, 2.05) is 31.2 Å². The first kappa shape index (κ1) is 11.3. The summed E-state index contributed by atoms with van der Waals surface area (Å²) in [6, 6.07) is 7.52. The van der Waals surface area contributed by atoms with Gasteiger partial charge >= 0.3 is 0 Å². The Morgan fingerprint density at radius 1 is 1.24 bits per heavy atom. The molecule has 0 fully saturated rings. The van der Waals surface area contributed by atoms with E-state index >= 15 is 0 Å². The third kappa shape index (κ3) is 2.69. The van der Waals surface area contributed by atoms with E-state index in [0.29, 0.717) is 5.88 Å². The first-order valence-corrected chi connectivity index (χ1v) is 5.41. The summed E-state index contributed by atoms with van der Waals surface area (Å²) in [6.45, 7) is 2.85. The Hall–Kier alpha value is -2.17. The van der Waals surface area contributed by atoms with E-state index in [-0.39, 0.29) is 0 Å². The minimum Gasteiger partial charge on any atom is -0.481 e. The lowest BCUT2D eigenvalue weighted by Gasteiger charge is -2.04. The Labute approximate surface area is 99.9 Å². The van der Waals surface area contributed by atoms with Crippen molar-refractivity contribution in [2.45, 2.75) is 6.92 Å². The van der Waals surface area contributed by atoms with Gasteiger partial charge in [-0.3, -0.25) is 0 Å². The normalized spacial score (nSPS) is 10.0. The number of rotatable bonds is 4. The molecule has 0 bridgehead atoms. The lowest BCUT2D eigenvalue weighted by molar-refractivity contribution is 0.398. The van der Waals surface area contributed by atoms with Crippen LogP contribution in [0.25, 0.3) is 11.3 Å². The molecule has 0 aliphatic heterocycles. The van der Waals surface area contributed by atoms with Crippen molar-refractivity contribution >= 4 is 5.82 Å². The van der Waals surface area contributed by atoms with Gasteiger partial charge in [0.05, 0.1) is 12.8 Å². The van der Waals surface area contributed by atoms with Crippen LogP contribution >= 0.6 is 0 Å². The maximum Gasteiger partial charge on any atom is 0.213 e. The third-order valence-electron chi connectivity index (χ3n) is 2.26. The first-order chi connectivity index (χ1) is 8.33. The van der Waals surface area contributed by atoms with Crippen molar-refractivity contribution in [2.75, 3.05) is 19.0 Å². The summed E-state index contributed by atoms with van der Waals surface area (Å²) in [6.07, 6.45) is 1.69. The van der Waals surface area contributed by atoms with Crippen LogP contribution in [0.4, 0.5) is 5.82 Å². The average Bonchev–Trinajstić information content (AvgIpc) is 2.40. The highest BCUT2D eigenvalue weighted by Gasteiger charge is 2.02. The van der Waals surface area contributed by atoms with Gasteiger partial charge < -0.3 is 10.1 Å². The molecule has 2 aromatic rings. The van der Waals surface area contributed by atoms with E-state index in [4.69, 9.17) is 4.74 Å². The molecule has 2 rings (SSSR count). The number of hydrogen-bond donors (Lipinski definition) is 1. The van der Waals surface area contributed by atoms with Gasteiger partial charge in [-0.25, -0.2) is 4.98 Å². The molecule has 2 aromatic heterocycles. The molecule has 0 amide bonds. The van der Waals surface area contributed by atoms with Crippen LogP contribution in [0.5, 0.6) is 5.88 Å². The van der Waals surface area contributed by atoms with E-state index in [1.54, 1.807) is 13.3 Å². The minimum absolute atomic E-state index is 0.569. The topological polar surface area (TPSA) is 59.9 Å². The largest absolute Gasteiger partial charge is 0.481 e. The SMILES string of the molecule is CCNc1ccc(-c2ccnc(OC)c2)nn1. The maximum absolute atomic E-state index is 5.07. The van der Waals surface area contributed by atoms with Crippen LogP contribution in [0.1, 0.15) is 6.92 Å². The van der Waals surface area contributed by atoms with Crippen molar-refractivity contribution < 1.29 is 4.74 Å². The fourth-order valence-electron chi connectivity index (χ4n) is 1.44. The van der Waals surface area contributed by atoms with Gasteiger partial charge in [0.25, 0.3) is 0 Å². The highest BCUT2D eigenvalue weighted by Crippen LogP contribution is 2.19.